The first-order chi connectivity index (χ1) is 16.5. The lowest BCUT2D eigenvalue weighted by Gasteiger charge is -2.27. The van der Waals surface area contributed by atoms with E-state index in [1.54, 1.807) is 24.3 Å². The smallest absolute Gasteiger partial charge is 0.261 e. The van der Waals surface area contributed by atoms with Gasteiger partial charge in [-0.05, 0) is 54.1 Å². The van der Waals surface area contributed by atoms with Gasteiger partial charge in [0.05, 0.1) is 18.1 Å². The van der Waals surface area contributed by atoms with E-state index in [1.165, 1.54) is 0 Å². The van der Waals surface area contributed by atoms with Gasteiger partial charge in [0.15, 0.2) is 0 Å². The van der Waals surface area contributed by atoms with Gasteiger partial charge >= 0.3 is 0 Å². The second kappa shape index (κ2) is 9.28. The zero-order valence-electron chi connectivity index (χ0n) is 18.7. The van der Waals surface area contributed by atoms with E-state index < -0.39 is 10.0 Å². The van der Waals surface area contributed by atoms with Crippen LogP contribution in [0.3, 0.4) is 0 Å². The van der Waals surface area contributed by atoms with Gasteiger partial charge in [0, 0.05) is 36.2 Å². The Morgan fingerprint density at radius 1 is 0.853 bits per heavy atom. The maximum atomic E-state index is 12.9. The number of aromatic nitrogens is 2. The van der Waals surface area contributed by atoms with Crippen LogP contribution in [0.15, 0.2) is 77.7 Å². The summed E-state index contributed by atoms with van der Waals surface area (Å²) in [5, 5.41) is 5.15. The molecule has 3 aromatic carbocycles. The number of fused-ring (bicyclic) bond motifs is 1. The number of rotatable bonds is 6. The normalized spacial score (nSPS) is 14.2. The molecule has 9 heteroatoms. The number of benzene rings is 3. The van der Waals surface area contributed by atoms with E-state index in [0.29, 0.717) is 30.7 Å². The molecule has 2 N–H and O–H groups in total. The minimum Gasteiger partial charge on any atom is -0.378 e. The summed E-state index contributed by atoms with van der Waals surface area (Å²) in [5.41, 5.74) is 2.13. The molecule has 0 unspecified atom stereocenters. The minimum atomic E-state index is -3.71. The van der Waals surface area contributed by atoms with Crippen LogP contribution in [-0.4, -0.2) is 44.7 Å². The van der Waals surface area contributed by atoms with E-state index in [0.717, 1.165) is 35.2 Å². The molecule has 34 heavy (non-hydrogen) atoms. The number of ether oxygens (including phenoxy) is 1. The molecule has 174 valence electrons. The number of nitrogens with zero attached hydrogens (tertiary/aromatic N) is 3. The Morgan fingerprint density at radius 3 is 2.32 bits per heavy atom. The second-order valence-corrected chi connectivity index (χ2v) is 9.79. The van der Waals surface area contributed by atoms with Crippen LogP contribution >= 0.6 is 0 Å². The van der Waals surface area contributed by atoms with E-state index in [9.17, 15) is 8.42 Å². The number of aryl methyl sites for hydroxylation is 1. The van der Waals surface area contributed by atoms with Gasteiger partial charge in [0.2, 0.25) is 5.95 Å². The summed E-state index contributed by atoms with van der Waals surface area (Å²) >= 11 is 0. The van der Waals surface area contributed by atoms with Crippen LogP contribution in [0.25, 0.3) is 10.8 Å². The third-order valence-electron chi connectivity index (χ3n) is 5.58. The summed E-state index contributed by atoms with van der Waals surface area (Å²) in [4.78, 5) is 11.5. The molecule has 0 aliphatic carbocycles. The average molecular weight is 476 g/mol. The quantitative estimate of drug-likeness (QED) is 0.429. The Kier molecular flexibility index (Phi) is 6.04. The maximum absolute atomic E-state index is 12.9. The average Bonchev–Trinajstić information content (AvgIpc) is 2.85. The molecule has 0 amide bonds. The lowest BCUT2D eigenvalue weighted by Crippen LogP contribution is -2.37. The Bertz CT molecular complexity index is 1420. The van der Waals surface area contributed by atoms with Crippen LogP contribution in [0, 0.1) is 6.92 Å². The predicted octanol–water partition coefficient (Wildman–Crippen LogP) is 4.32. The molecule has 1 fully saturated rings. The van der Waals surface area contributed by atoms with Crippen LogP contribution in [0.1, 0.15) is 5.69 Å². The van der Waals surface area contributed by atoms with E-state index in [2.05, 4.69) is 24.9 Å². The molecular formula is C25H25N5O3S. The Hall–Kier alpha value is -3.69. The zero-order valence-corrected chi connectivity index (χ0v) is 19.5. The van der Waals surface area contributed by atoms with Gasteiger partial charge in [0.1, 0.15) is 5.82 Å². The Balaban J connectivity index is 1.30. The zero-order chi connectivity index (χ0) is 23.5. The second-order valence-electron chi connectivity index (χ2n) is 8.11. The molecule has 0 spiro atoms. The summed E-state index contributed by atoms with van der Waals surface area (Å²) in [6, 6.07) is 21.7. The van der Waals surface area contributed by atoms with Crippen LogP contribution in [0.4, 0.5) is 23.1 Å². The summed E-state index contributed by atoms with van der Waals surface area (Å²) in [6.07, 6.45) is 0. The number of sulfonamides is 1. The van der Waals surface area contributed by atoms with E-state index in [1.807, 2.05) is 55.5 Å². The van der Waals surface area contributed by atoms with Crippen molar-refractivity contribution in [3.05, 3.63) is 78.5 Å². The van der Waals surface area contributed by atoms with Gasteiger partial charge in [-0.25, -0.2) is 13.4 Å². The minimum absolute atomic E-state index is 0.223. The van der Waals surface area contributed by atoms with Crippen LogP contribution in [0.5, 0.6) is 0 Å². The molecule has 1 aliphatic rings. The van der Waals surface area contributed by atoms with Gasteiger partial charge in [0.25, 0.3) is 10.0 Å². The summed E-state index contributed by atoms with van der Waals surface area (Å²) in [7, 11) is -3.71. The monoisotopic (exact) mass is 475 g/mol. The van der Waals surface area contributed by atoms with Crippen molar-refractivity contribution in [2.24, 2.45) is 0 Å². The first-order valence-electron chi connectivity index (χ1n) is 11.0. The predicted molar refractivity (Wildman–Crippen MR) is 134 cm³/mol. The highest BCUT2D eigenvalue weighted by Crippen LogP contribution is 2.24. The summed E-state index contributed by atoms with van der Waals surface area (Å²) in [6.45, 7) is 4.78. The van der Waals surface area contributed by atoms with E-state index in [4.69, 9.17) is 4.74 Å². The molecule has 5 rings (SSSR count). The maximum Gasteiger partial charge on any atom is 0.261 e. The van der Waals surface area contributed by atoms with Crippen molar-refractivity contribution in [2.75, 3.05) is 41.2 Å². The first kappa shape index (κ1) is 22.1. The van der Waals surface area contributed by atoms with Gasteiger partial charge < -0.3 is 15.0 Å². The fraction of sp³-hybridized carbons (Fsp3) is 0.200. The number of anilines is 4. The molecule has 0 bridgehead atoms. The van der Waals surface area contributed by atoms with Gasteiger partial charge in [-0.2, -0.15) is 4.98 Å². The third-order valence-corrected chi connectivity index (χ3v) is 6.96. The van der Waals surface area contributed by atoms with Gasteiger partial charge in [-0.3, -0.25) is 4.72 Å². The highest BCUT2D eigenvalue weighted by Gasteiger charge is 2.16. The van der Waals surface area contributed by atoms with Crippen molar-refractivity contribution in [2.45, 2.75) is 11.8 Å². The molecule has 2 heterocycles. The molecule has 1 saturated heterocycles. The molecule has 1 aromatic heterocycles. The number of nitrogens with one attached hydrogen (secondary N) is 2. The van der Waals surface area contributed by atoms with Crippen LogP contribution < -0.4 is 14.9 Å². The van der Waals surface area contributed by atoms with Crippen molar-refractivity contribution < 1.29 is 13.2 Å². The molecule has 1 aliphatic heterocycles. The lowest BCUT2D eigenvalue weighted by atomic mass is 10.1. The van der Waals surface area contributed by atoms with Crippen LogP contribution in [-0.2, 0) is 14.8 Å². The lowest BCUT2D eigenvalue weighted by molar-refractivity contribution is 0.122. The largest absolute Gasteiger partial charge is 0.378 e. The van der Waals surface area contributed by atoms with E-state index >= 15 is 0 Å². The van der Waals surface area contributed by atoms with Crippen molar-refractivity contribution in [1.82, 2.24) is 9.97 Å². The highest BCUT2D eigenvalue weighted by molar-refractivity contribution is 7.92. The molecule has 0 atom stereocenters. The Morgan fingerprint density at radius 2 is 1.56 bits per heavy atom. The third kappa shape index (κ3) is 4.95. The fourth-order valence-electron chi connectivity index (χ4n) is 3.84. The van der Waals surface area contributed by atoms with Gasteiger partial charge in [-0.15, -0.1) is 0 Å². The standard InChI is InChI=1S/C25H25N5O3S/c1-18-16-24(28-25(26-18)30-12-14-33-15-13-30)27-21-7-9-22(10-8-21)29-34(31,32)23-11-6-19-4-2-3-5-20(19)17-23/h2-11,16-17,29H,12-15H2,1H3,(H,26,27,28). The number of hydrogen-bond acceptors (Lipinski definition) is 7. The van der Waals surface area contributed by atoms with Gasteiger partial charge in [-0.1, -0.05) is 30.3 Å². The van der Waals surface area contributed by atoms with Crippen molar-refractivity contribution >= 4 is 43.9 Å². The van der Waals surface area contributed by atoms with Crippen molar-refractivity contribution in [3.8, 4) is 0 Å². The highest BCUT2D eigenvalue weighted by atomic mass is 32.2. The van der Waals surface area contributed by atoms with Crippen molar-refractivity contribution in [3.63, 3.8) is 0 Å². The SMILES string of the molecule is Cc1cc(Nc2ccc(NS(=O)(=O)c3ccc4ccccc4c3)cc2)nc(N2CCOCC2)n1. The number of hydrogen-bond donors (Lipinski definition) is 2. The topological polar surface area (TPSA) is 96.5 Å². The molecule has 0 radical (unpaired) electrons. The first-order valence-corrected chi connectivity index (χ1v) is 12.5. The molecule has 4 aromatic rings. The fourth-order valence-corrected chi connectivity index (χ4v) is 4.93. The van der Waals surface area contributed by atoms with Crippen molar-refractivity contribution in [1.29, 1.82) is 0 Å². The summed E-state index contributed by atoms with van der Waals surface area (Å²) in [5.74, 6) is 1.35. The molecule has 0 saturated carbocycles. The Labute approximate surface area is 198 Å². The molecular weight excluding hydrogens is 450 g/mol. The molecule has 8 nitrogen and oxygen atoms in total. The summed E-state index contributed by atoms with van der Waals surface area (Å²) < 4.78 is 33.8. The number of morpholine rings is 1. The van der Waals surface area contributed by atoms with Crippen LogP contribution in [0.2, 0.25) is 0 Å². The van der Waals surface area contributed by atoms with E-state index in [-0.39, 0.29) is 4.90 Å².